The van der Waals surface area contributed by atoms with Crippen molar-refractivity contribution in [3.63, 3.8) is 0 Å². The Morgan fingerprint density at radius 2 is 1.88 bits per heavy atom. The fourth-order valence-corrected chi connectivity index (χ4v) is 1.24. The SMILES string of the molecule is CC(C)(C)OC(=O)NCCCNS(N)(=O)=O. The Balaban J connectivity index is 3.57. The minimum atomic E-state index is -3.65. The van der Waals surface area contributed by atoms with Crippen molar-refractivity contribution in [1.29, 1.82) is 0 Å². The number of amides is 1. The van der Waals surface area contributed by atoms with Gasteiger partial charge in [0.15, 0.2) is 0 Å². The molecular formula is C8H19N3O4S. The lowest BCUT2D eigenvalue weighted by atomic mass is 10.2. The van der Waals surface area contributed by atoms with E-state index in [0.717, 1.165) is 0 Å². The van der Waals surface area contributed by atoms with Gasteiger partial charge in [0.25, 0.3) is 10.2 Å². The first-order valence-electron chi connectivity index (χ1n) is 4.84. The molecule has 0 aromatic heterocycles. The molecule has 4 N–H and O–H groups in total. The molecule has 8 heteroatoms. The van der Waals surface area contributed by atoms with Crippen molar-refractivity contribution in [2.24, 2.45) is 5.14 Å². The van der Waals surface area contributed by atoms with E-state index >= 15 is 0 Å². The van der Waals surface area contributed by atoms with Crippen LogP contribution < -0.4 is 15.2 Å². The van der Waals surface area contributed by atoms with E-state index < -0.39 is 21.9 Å². The zero-order valence-corrected chi connectivity index (χ0v) is 10.6. The van der Waals surface area contributed by atoms with Crippen LogP contribution in [0.3, 0.4) is 0 Å². The van der Waals surface area contributed by atoms with Gasteiger partial charge < -0.3 is 10.1 Å². The molecular weight excluding hydrogens is 234 g/mol. The second kappa shape index (κ2) is 6.02. The predicted molar refractivity (Wildman–Crippen MR) is 60.0 cm³/mol. The van der Waals surface area contributed by atoms with Crippen LogP contribution in [0.5, 0.6) is 0 Å². The average Bonchev–Trinajstić information content (AvgIpc) is 1.97. The first-order chi connectivity index (χ1) is 7.10. The van der Waals surface area contributed by atoms with Crippen LogP contribution >= 0.6 is 0 Å². The Hall–Kier alpha value is -0.860. The Morgan fingerprint density at radius 3 is 2.31 bits per heavy atom. The van der Waals surface area contributed by atoms with Crippen LogP contribution in [0.2, 0.25) is 0 Å². The van der Waals surface area contributed by atoms with Gasteiger partial charge in [-0.1, -0.05) is 0 Å². The molecule has 0 aliphatic heterocycles. The summed E-state index contributed by atoms with van der Waals surface area (Å²) in [5.41, 5.74) is -0.539. The second-order valence-electron chi connectivity index (χ2n) is 4.22. The number of carbonyl (C=O) groups is 1. The van der Waals surface area contributed by atoms with Crippen molar-refractivity contribution in [1.82, 2.24) is 10.0 Å². The highest BCUT2D eigenvalue weighted by Crippen LogP contribution is 2.06. The normalized spacial score (nSPS) is 12.2. The molecule has 0 radical (unpaired) electrons. The van der Waals surface area contributed by atoms with Crippen molar-refractivity contribution in [2.75, 3.05) is 13.1 Å². The summed E-state index contributed by atoms with van der Waals surface area (Å²) in [4.78, 5) is 11.1. The first kappa shape index (κ1) is 15.1. The second-order valence-corrected chi connectivity index (χ2v) is 5.60. The van der Waals surface area contributed by atoms with Crippen molar-refractivity contribution in [3.8, 4) is 0 Å². The van der Waals surface area contributed by atoms with E-state index in [-0.39, 0.29) is 6.54 Å². The molecule has 0 bridgehead atoms. The number of hydrogen-bond acceptors (Lipinski definition) is 4. The quantitative estimate of drug-likeness (QED) is 0.584. The zero-order valence-electron chi connectivity index (χ0n) is 9.74. The van der Waals surface area contributed by atoms with Gasteiger partial charge in [-0.3, -0.25) is 0 Å². The van der Waals surface area contributed by atoms with E-state index in [4.69, 9.17) is 9.88 Å². The van der Waals surface area contributed by atoms with E-state index in [2.05, 4.69) is 10.0 Å². The average molecular weight is 253 g/mol. The van der Waals surface area contributed by atoms with Crippen LogP contribution in [0.1, 0.15) is 27.2 Å². The number of carbonyl (C=O) groups excluding carboxylic acids is 1. The maximum absolute atomic E-state index is 11.1. The molecule has 16 heavy (non-hydrogen) atoms. The van der Waals surface area contributed by atoms with Gasteiger partial charge in [-0.25, -0.2) is 14.7 Å². The number of nitrogens with one attached hydrogen (secondary N) is 2. The number of rotatable bonds is 5. The topological polar surface area (TPSA) is 111 Å². The summed E-state index contributed by atoms with van der Waals surface area (Å²) in [6.45, 7) is 5.77. The zero-order chi connectivity index (χ0) is 12.8. The largest absolute Gasteiger partial charge is 0.444 e. The lowest BCUT2D eigenvalue weighted by Gasteiger charge is -2.19. The summed E-state index contributed by atoms with van der Waals surface area (Å²) in [6.07, 6.45) is -0.0848. The van der Waals surface area contributed by atoms with Crippen LogP contribution in [0, 0.1) is 0 Å². The molecule has 0 fully saturated rings. The Kier molecular flexibility index (Phi) is 5.70. The fourth-order valence-electron chi connectivity index (χ4n) is 0.807. The Labute approximate surface area is 95.9 Å². The Bertz CT molecular complexity index is 321. The Morgan fingerprint density at radius 1 is 1.31 bits per heavy atom. The maximum atomic E-state index is 11.1. The molecule has 0 heterocycles. The molecule has 0 aliphatic carbocycles. The summed E-state index contributed by atoms with van der Waals surface area (Å²) in [7, 11) is -3.65. The highest BCUT2D eigenvalue weighted by atomic mass is 32.2. The number of hydrogen-bond donors (Lipinski definition) is 3. The van der Waals surface area contributed by atoms with Crippen molar-refractivity contribution in [3.05, 3.63) is 0 Å². The number of ether oxygens (including phenoxy) is 1. The van der Waals surface area contributed by atoms with Crippen LogP contribution in [0.25, 0.3) is 0 Å². The van der Waals surface area contributed by atoms with Crippen LogP contribution in [-0.2, 0) is 14.9 Å². The van der Waals surface area contributed by atoms with Gasteiger partial charge in [0.1, 0.15) is 5.60 Å². The number of nitrogens with two attached hydrogens (primary N) is 1. The van der Waals surface area contributed by atoms with E-state index in [1.54, 1.807) is 20.8 Å². The highest BCUT2D eigenvalue weighted by molar-refractivity contribution is 7.87. The molecule has 0 rings (SSSR count). The van der Waals surface area contributed by atoms with Gasteiger partial charge >= 0.3 is 6.09 Å². The maximum Gasteiger partial charge on any atom is 0.407 e. The molecule has 0 saturated heterocycles. The molecule has 0 spiro atoms. The van der Waals surface area contributed by atoms with Crippen LogP contribution in [0.4, 0.5) is 4.79 Å². The van der Waals surface area contributed by atoms with E-state index in [9.17, 15) is 13.2 Å². The van der Waals surface area contributed by atoms with Gasteiger partial charge in [-0.2, -0.15) is 8.42 Å². The van der Waals surface area contributed by atoms with Gasteiger partial charge in [-0.15, -0.1) is 0 Å². The van der Waals surface area contributed by atoms with Gasteiger partial charge in [-0.05, 0) is 27.2 Å². The van der Waals surface area contributed by atoms with Gasteiger partial charge in [0.2, 0.25) is 0 Å². The molecule has 1 amide bonds. The molecule has 96 valence electrons. The standard InChI is InChI=1S/C8H19N3O4S/c1-8(2,3)15-7(12)10-5-4-6-11-16(9,13)14/h11H,4-6H2,1-3H3,(H,10,12)(H2,9,13,14). The minimum Gasteiger partial charge on any atom is -0.444 e. The van der Waals surface area contributed by atoms with Crippen molar-refractivity contribution >= 4 is 16.3 Å². The molecule has 0 aromatic rings. The molecule has 0 aliphatic rings. The van der Waals surface area contributed by atoms with E-state index in [1.165, 1.54) is 0 Å². The van der Waals surface area contributed by atoms with Crippen molar-refractivity contribution in [2.45, 2.75) is 32.8 Å². The lowest BCUT2D eigenvalue weighted by molar-refractivity contribution is 0.0527. The highest BCUT2D eigenvalue weighted by Gasteiger charge is 2.15. The lowest BCUT2D eigenvalue weighted by Crippen LogP contribution is -2.35. The number of alkyl carbamates (subject to hydrolysis) is 1. The van der Waals surface area contributed by atoms with Crippen LogP contribution in [-0.4, -0.2) is 33.2 Å². The predicted octanol–water partition coefficient (Wildman–Crippen LogP) is -0.306. The minimum absolute atomic E-state index is 0.175. The van der Waals surface area contributed by atoms with Gasteiger partial charge in [0, 0.05) is 13.1 Å². The monoisotopic (exact) mass is 253 g/mol. The summed E-state index contributed by atoms with van der Waals surface area (Å²) < 4.78 is 28.0. The molecule has 0 aromatic carbocycles. The smallest absolute Gasteiger partial charge is 0.407 e. The van der Waals surface area contributed by atoms with Gasteiger partial charge in [0.05, 0.1) is 0 Å². The van der Waals surface area contributed by atoms with Crippen LogP contribution in [0.15, 0.2) is 0 Å². The van der Waals surface area contributed by atoms with E-state index in [0.29, 0.717) is 13.0 Å². The summed E-state index contributed by atoms with van der Waals surface area (Å²) in [5.74, 6) is 0. The fraction of sp³-hybridized carbons (Fsp3) is 0.875. The summed E-state index contributed by atoms with van der Waals surface area (Å²) in [5, 5.41) is 7.20. The third-order valence-corrected chi connectivity index (χ3v) is 1.93. The third kappa shape index (κ3) is 11.2. The molecule has 0 atom stereocenters. The third-order valence-electron chi connectivity index (χ3n) is 1.33. The molecule has 0 saturated carbocycles. The summed E-state index contributed by atoms with van der Waals surface area (Å²) >= 11 is 0. The van der Waals surface area contributed by atoms with E-state index in [1.807, 2.05) is 0 Å². The molecule has 0 unspecified atom stereocenters. The molecule has 7 nitrogen and oxygen atoms in total. The van der Waals surface area contributed by atoms with Crippen molar-refractivity contribution < 1.29 is 17.9 Å². The summed E-state index contributed by atoms with van der Waals surface area (Å²) in [6, 6.07) is 0. The first-order valence-corrected chi connectivity index (χ1v) is 6.39.